The van der Waals surface area contributed by atoms with Crippen LogP contribution in [0.2, 0.25) is 0 Å². The van der Waals surface area contributed by atoms with E-state index in [1.54, 1.807) is 26.4 Å². The molecule has 1 aliphatic rings. The van der Waals surface area contributed by atoms with Crippen molar-refractivity contribution in [2.24, 2.45) is 0 Å². The second kappa shape index (κ2) is 56.0. The van der Waals surface area contributed by atoms with Gasteiger partial charge in [0.15, 0.2) is 36.1 Å². The maximum Gasteiger partial charge on any atom is 0.415 e. The minimum Gasteiger partial charge on any atom is -0.504 e. The number of phenolic OH excluding ortho intramolecular Hbond substituents is 3. The number of ether oxygens (including phenoxy) is 9. The molecule has 1 heterocycles. The number of Topliss-reactive ketones (excluding diaryl/α,β-unsaturated/α-hetero) is 2. The Morgan fingerprint density at radius 3 is 1.59 bits per heavy atom. The summed E-state index contributed by atoms with van der Waals surface area (Å²) in [4.78, 5) is 78.2. The van der Waals surface area contributed by atoms with Crippen molar-refractivity contribution in [2.45, 2.75) is 195 Å². The quantitative estimate of drug-likeness (QED) is 0.00908. The first kappa shape index (κ1) is 90.9. The number of hydrogen-bond acceptors (Lipinski definition) is 21. The van der Waals surface area contributed by atoms with E-state index in [9.17, 15) is 49.2 Å². The fraction of sp³-hybridized carbons (Fsp3) is 0.470. The van der Waals surface area contributed by atoms with Crippen LogP contribution in [0.15, 0.2) is 164 Å². The van der Waals surface area contributed by atoms with Crippen LogP contribution in [-0.4, -0.2) is 146 Å². The van der Waals surface area contributed by atoms with E-state index < -0.39 is 84.7 Å². The molecular weight excluding hydrogens is 1360 g/mol. The van der Waals surface area contributed by atoms with Gasteiger partial charge in [-0.25, -0.2) is 9.59 Å². The number of esters is 2. The van der Waals surface area contributed by atoms with E-state index in [0.29, 0.717) is 62.5 Å². The van der Waals surface area contributed by atoms with Crippen molar-refractivity contribution in [3.63, 3.8) is 0 Å². The minimum atomic E-state index is -1.29. The van der Waals surface area contributed by atoms with Crippen molar-refractivity contribution < 1.29 is 91.8 Å². The summed E-state index contributed by atoms with van der Waals surface area (Å²) in [5, 5.41) is 46.4. The van der Waals surface area contributed by atoms with Crippen LogP contribution in [0.25, 0.3) is 0 Å². The molecule has 2 amide bonds. The van der Waals surface area contributed by atoms with Crippen molar-refractivity contribution in [1.29, 1.82) is 0 Å². The number of hydrogen-bond donors (Lipinski definition) is 7. The Labute approximate surface area is 627 Å². The molecule has 7 N–H and O–H groups in total. The number of aliphatic hydroxyl groups excluding tert-OH is 1. The van der Waals surface area contributed by atoms with Crippen LogP contribution < -0.4 is 25.4 Å². The Morgan fingerprint density at radius 2 is 1.08 bits per heavy atom. The molecule has 0 aliphatic carbocycles. The molecule has 23 heteroatoms. The zero-order chi connectivity index (χ0) is 77.5. The lowest BCUT2D eigenvalue weighted by Crippen LogP contribution is -2.47. The van der Waals surface area contributed by atoms with Crippen LogP contribution in [0.3, 0.4) is 0 Å². The Kier molecular flexibility index (Phi) is 48.0. The standard InChI is InChI=1S/C49H68N2O10.C34H48N2O9/c1-8-9-10-11-12-13-14-15-16-17-18-19-20-21-22-23-24-25-46(53)60-40(5)61-49(54)51-44(35-58-48(51)43-29-28-42(56-7)32-38(43)3)45(52)34-50-33-41-27-26-37(2)39(4)47(41)59-36-57-31-30-55-6;1-3-4-5-6-7-8-9-10-11-12-13-14-15-16-17-18-19-20-31(40)44-26(2)45-34(43)36-28(25-37)30(39)24-35-23-27-21-22-29(38)33(42)32(27)41/h9-10,12-13,15-16,18-19,21-22,26-29,32,40,44,48,50H,8,11,14,17,20,23-25,30-31,33-36H2,1-7H3;4-5,7-8,10-11,13-14,16-17,21-22,26,28,35,37-38,41-42H,3,6,9,12,15,18-20,23-25H2,1-2H3,(H,36,43)/b10-9-,13-12-,16-15-,19-18-,22-21-;5-4-,8-7-,11-10-,14-13-,17-16-. The van der Waals surface area contributed by atoms with Crippen LogP contribution in [0.4, 0.5) is 9.59 Å². The van der Waals surface area contributed by atoms with Gasteiger partial charge in [0.1, 0.15) is 23.6 Å². The van der Waals surface area contributed by atoms with E-state index in [2.05, 4.69) is 133 Å². The number of carbonyl (C=O) groups is 6. The number of amides is 2. The molecule has 1 saturated heterocycles. The SMILES string of the molecule is CC/C=C\C/C=C\C/C=C\C/C=C\C/C=C\CCCC(=O)OC(C)OC(=O)N1C(C(=O)CNCc2ccc(C)c(C)c2OCOCCOC)COC1c1ccc(OC)cc1C.CC/C=C\C/C=C\C/C=C\C/C=C\C/C=C\CCCC(=O)OC(C)OC(=O)NC(CO)C(=O)CNCc1ccc(O)c(O)c1O. The van der Waals surface area contributed by atoms with Crippen molar-refractivity contribution in [2.75, 3.05) is 60.5 Å². The fourth-order valence-corrected chi connectivity index (χ4v) is 10.2. The van der Waals surface area contributed by atoms with E-state index in [4.69, 9.17) is 42.6 Å². The van der Waals surface area contributed by atoms with Gasteiger partial charge in [0.05, 0.1) is 46.6 Å². The summed E-state index contributed by atoms with van der Waals surface area (Å²) >= 11 is 0. The van der Waals surface area contributed by atoms with Gasteiger partial charge in [-0.05, 0) is 146 Å². The predicted octanol–water partition coefficient (Wildman–Crippen LogP) is 15.0. The van der Waals surface area contributed by atoms with Gasteiger partial charge in [-0.15, -0.1) is 0 Å². The molecule has 1 fully saturated rings. The lowest BCUT2D eigenvalue weighted by Gasteiger charge is -2.29. The first-order valence-corrected chi connectivity index (χ1v) is 36.5. The van der Waals surface area contributed by atoms with Crippen LogP contribution in [0, 0.1) is 20.8 Å². The van der Waals surface area contributed by atoms with E-state index in [1.807, 2.05) is 57.2 Å². The van der Waals surface area contributed by atoms with Gasteiger partial charge in [0.2, 0.25) is 18.3 Å². The topological polar surface area (TPSA) is 306 Å². The maximum atomic E-state index is 13.8. The van der Waals surface area contributed by atoms with E-state index in [-0.39, 0.29) is 57.2 Å². The minimum absolute atomic E-state index is 0.0396. The number of aliphatic hydroxyl groups is 1. The molecule has 106 heavy (non-hydrogen) atoms. The summed E-state index contributed by atoms with van der Waals surface area (Å²) in [7, 11) is 3.18. The first-order chi connectivity index (χ1) is 51.3. The summed E-state index contributed by atoms with van der Waals surface area (Å²) in [6.07, 6.45) is 49.7. The van der Waals surface area contributed by atoms with Crippen molar-refractivity contribution in [1.82, 2.24) is 20.9 Å². The number of alkyl carbamates (subject to hydrolysis) is 1. The van der Waals surface area contributed by atoms with Crippen molar-refractivity contribution in [3.8, 4) is 28.7 Å². The molecule has 1 aliphatic heterocycles. The fourth-order valence-electron chi connectivity index (χ4n) is 10.2. The number of ketones is 2. The third kappa shape index (κ3) is 38.1. The van der Waals surface area contributed by atoms with E-state index in [0.717, 1.165) is 86.5 Å². The summed E-state index contributed by atoms with van der Waals surface area (Å²) < 4.78 is 49.1. The van der Waals surface area contributed by atoms with Gasteiger partial charge in [-0.2, -0.15) is 0 Å². The van der Waals surface area contributed by atoms with Crippen LogP contribution in [-0.2, 0) is 65.4 Å². The average Bonchev–Trinajstić information content (AvgIpc) is 1.62. The zero-order valence-corrected chi connectivity index (χ0v) is 63.5. The van der Waals surface area contributed by atoms with Crippen LogP contribution in [0.1, 0.15) is 170 Å². The Balaban J connectivity index is 0.000000577. The number of benzene rings is 3. The number of carbonyl (C=O) groups excluding carboxylic acids is 6. The van der Waals surface area contributed by atoms with Crippen LogP contribution in [0.5, 0.6) is 28.7 Å². The Bertz CT molecular complexity index is 3420. The maximum absolute atomic E-state index is 13.8. The average molecular weight is 1470 g/mol. The number of aromatic hydroxyl groups is 3. The summed E-state index contributed by atoms with van der Waals surface area (Å²) in [6, 6.07) is 9.61. The predicted molar refractivity (Wildman–Crippen MR) is 411 cm³/mol. The first-order valence-electron chi connectivity index (χ1n) is 36.5. The number of nitrogens with one attached hydrogen (secondary N) is 3. The Morgan fingerprint density at radius 1 is 0.585 bits per heavy atom. The molecule has 582 valence electrons. The molecule has 23 nitrogen and oxygen atoms in total. The number of nitrogens with zero attached hydrogens (tertiary/aromatic N) is 1. The lowest BCUT2D eigenvalue weighted by molar-refractivity contribution is -0.167. The lowest BCUT2D eigenvalue weighted by atomic mass is 10.0. The summed E-state index contributed by atoms with van der Waals surface area (Å²) in [5.74, 6) is -2.27. The molecule has 5 unspecified atom stereocenters. The highest BCUT2D eigenvalue weighted by Gasteiger charge is 2.44. The number of rotatable bonds is 50. The highest BCUT2D eigenvalue weighted by atomic mass is 16.7. The molecule has 5 atom stereocenters. The number of methoxy groups -OCH3 is 2. The van der Waals surface area contributed by atoms with Gasteiger partial charge in [-0.3, -0.25) is 24.1 Å². The molecule has 4 rings (SSSR count). The monoisotopic (exact) mass is 1470 g/mol. The molecule has 0 spiro atoms. The smallest absolute Gasteiger partial charge is 0.415 e. The van der Waals surface area contributed by atoms with Crippen molar-refractivity contribution in [3.05, 3.63) is 197 Å². The zero-order valence-electron chi connectivity index (χ0n) is 63.5. The highest BCUT2D eigenvalue weighted by molar-refractivity contribution is 5.90. The molecule has 0 radical (unpaired) electrons. The van der Waals surface area contributed by atoms with E-state index >= 15 is 0 Å². The van der Waals surface area contributed by atoms with Crippen molar-refractivity contribution >= 4 is 35.7 Å². The van der Waals surface area contributed by atoms with Gasteiger partial charge in [-0.1, -0.05) is 160 Å². The van der Waals surface area contributed by atoms with Gasteiger partial charge < -0.3 is 79.0 Å². The second-order valence-corrected chi connectivity index (χ2v) is 24.6. The van der Waals surface area contributed by atoms with E-state index in [1.165, 1.54) is 30.9 Å². The van der Waals surface area contributed by atoms with Gasteiger partial charge in [0.25, 0.3) is 0 Å². The molecule has 0 bridgehead atoms. The summed E-state index contributed by atoms with van der Waals surface area (Å²) in [6.45, 7) is 13.0. The number of unbranched alkanes of at least 4 members (excludes halogenated alkanes) is 2. The van der Waals surface area contributed by atoms with Gasteiger partial charge in [0, 0.05) is 63.6 Å². The normalized spacial score (nSPS) is 14.9. The highest BCUT2D eigenvalue weighted by Crippen LogP contribution is 2.38. The molecule has 0 aromatic heterocycles. The number of phenols is 3. The molecular formula is C83H116N4O19. The largest absolute Gasteiger partial charge is 0.504 e. The second-order valence-electron chi connectivity index (χ2n) is 24.6. The molecule has 3 aromatic rings. The summed E-state index contributed by atoms with van der Waals surface area (Å²) in [5.41, 5.74) is 4.58. The number of allylic oxidation sites excluding steroid dienone is 20. The molecule has 3 aromatic carbocycles. The third-order valence-corrected chi connectivity index (χ3v) is 16.1. The molecule has 0 saturated carbocycles. The third-order valence-electron chi connectivity index (χ3n) is 16.1. The number of aryl methyl sites for hydroxylation is 2. The Hall–Kier alpha value is -9.36. The van der Waals surface area contributed by atoms with Gasteiger partial charge >= 0.3 is 24.1 Å². The van der Waals surface area contributed by atoms with Crippen LogP contribution >= 0.6 is 0 Å².